The molecule has 3 rings (SSSR count). The number of amides is 1. The van der Waals surface area contributed by atoms with Crippen molar-refractivity contribution in [2.24, 2.45) is 0 Å². The topological polar surface area (TPSA) is 112 Å². The minimum Gasteiger partial charge on any atom is -0.484 e. The van der Waals surface area contributed by atoms with Crippen molar-refractivity contribution in [1.29, 1.82) is 0 Å². The Bertz CT molecular complexity index is 960. The molecule has 0 aliphatic carbocycles. The maximum atomic E-state index is 12.2. The van der Waals surface area contributed by atoms with Crippen LogP contribution in [0.3, 0.4) is 0 Å². The lowest BCUT2D eigenvalue weighted by molar-refractivity contribution is -0.384. The lowest BCUT2D eigenvalue weighted by Gasteiger charge is -2.11. The van der Waals surface area contributed by atoms with Gasteiger partial charge in [0.25, 0.3) is 11.6 Å². The van der Waals surface area contributed by atoms with Crippen molar-refractivity contribution in [3.63, 3.8) is 0 Å². The summed E-state index contributed by atoms with van der Waals surface area (Å²) >= 11 is 1.45. The summed E-state index contributed by atoms with van der Waals surface area (Å²) in [5, 5.41) is 19.3. The Labute approximate surface area is 164 Å². The summed E-state index contributed by atoms with van der Waals surface area (Å²) in [5.74, 6) is 1.19. The van der Waals surface area contributed by atoms with Gasteiger partial charge in [-0.25, -0.2) is 4.68 Å². The van der Waals surface area contributed by atoms with Crippen LogP contribution in [0.2, 0.25) is 0 Å². The van der Waals surface area contributed by atoms with Gasteiger partial charge in [-0.2, -0.15) is 0 Å². The molecule has 0 aliphatic heterocycles. The number of non-ortho nitro benzene ring substituents is 1. The van der Waals surface area contributed by atoms with Crippen molar-refractivity contribution in [2.75, 3.05) is 12.0 Å². The zero-order chi connectivity index (χ0) is 19.9. The molecule has 9 nitrogen and oxygen atoms in total. The van der Waals surface area contributed by atoms with Crippen molar-refractivity contribution < 1.29 is 14.5 Å². The Morgan fingerprint density at radius 3 is 2.57 bits per heavy atom. The summed E-state index contributed by atoms with van der Waals surface area (Å²) in [6, 6.07) is 15.4. The van der Waals surface area contributed by atoms with Gasteiger partial charge < -0.3 is 4.74 Å². The molecule has 0 fully saturated rings. The number of nitrogens with one attached hydrogen (secondary N) is 1. The highest BCUT2D eigenvalue weighted by Crippen LogP contribution is 2.21. The summed E-state index contributed by atoms with van der Waals surface area (Å²) < 4.78 is 6.87. The van der Waals surface area contributed by atoms with Crippen LogP contribution in [0.15, 0.2) is 59.8 Å². The van der Waals surface area contributed by atoms with Gasteiger partial charge in [-0.1, -0.05) is 42.1 Å². The van der Waals surface area contributed by atoms with E-state index in [0.29, 0.717) is 22.5 Å². The number of nitro benzene ring substituents is 1. The van der Waals surface area contributed by atoms with Gasteiger partial charge in [-0.05, 0) is 24.6 Å². The van der Waals surface area contributed by atoms with Gasteiger partial charge in [0, 0.05) is 17.9 Å². The number of nitrogens with zero attached hydrogens (tertiary/aromatic N) is 4. The van der Waals surface area contributed by atoms with E-state index in [1.165, 1.54) is 40.7 Å². The van der Waals surface area contributed by atoms with Gasteiger partial charge in [0.15, 0.2) is 6.61 Å². The molecule has 1 heterocycles. The Kier molecular flexibility index (Phi) is 6.22. The van der Waals surface area contributed by atoms with Crippen LogP contribution in [0, 0.1) is 17.0 Å². The third kappa shape index (κ3) is 5.07. The molecule has 0 spiro atoms. The number of thioether (sulfide) groups is 1. The maximum Gasteiger partial charge on any atom is 0.276 e. The van der Waals surface area contributed by atoms with Gasteiger partial charge in [0.1, 0.15) is 11.6 Å². The van der Waals surface area contributed by atoms with Crippen LogP contribution in [-0.4, -0.2) is 32.3 Å². The Hall–Kier alpha value is -3.40. The Balaban J connectivity index is 1.56. The number of ether oxygens (including phenoxy) is 1. The molecule has 0 radical (unpaired) electrons. The van der Waals surface area contributed by atoms with E-state index in [0.717, 1.165) is 5.56 Å². The van der Waals surface area contributed by atoms with Crippen molar-refractivity contribution in [1.82, 2.24) is 14.9 Å². The lowest BCUT2D eigenvalue weighted by atomic mass is 10.2. The predicted octanol–water partition coefficient (Wildman–Crippen LogP) is 2.94. The highest BCUT2D eigenvalue weighted by Gasteiger charge is 2.13. The maximum absolute atomic E-state index is 12.2. The number of rotatable bonds is 8. The van der Waals surface area contributed by atoms with Gasteiger partial charge in [-0.15, -0.1) is 10.2 Å². The standard InChI is InChI=1S/C18H17N5O4S/c1-13-19-20-18(28-12-14-5-3-2-4-6-14)22(13)21-17(24)11-27-16-9-7-15(8-10-16)23(25)26/h2-10H,11-12H2,1H3,(H,21,24). The molecule has 1 amide bonds. The number of carbonyl (C=O) groups is 1. The number of hydrogen-bond acceptors (Lipinski definition) is 7. The van der Waals surface area contributed by atoms with Gasteiger partial charge >= 0.3 is 0 Å². The van der Waals surface area contributed by atoms with Crippen LogP contribution in [-0.2, 0) is 10.5 Å². The van der Waals surface area contributed by atoms with E-state index in [9.17, 15) is 14.9 Å². The Morgan fingerprint density at radius 2 is 1.89 bits per heavy atom. The molecule has 0 saturated heterocycles. The molecule has 10 heteroatoms. The molecule has 0 atom stereocenters. The van der Waals surface area contributed by atoms with Gasteiger partial charge in [0.2, 0.25) is 5.16 Å². The summed E-state index contributed by atoms with van der Waals surface area (Å²) in [6.45, 7) is 1.48. The molecule has 2 aromatic carbocycles. The number of aryl methyl sites for hydroxylation is 1. The van der Waals surface area contributed by atoms with Gasteiger partial charge in [-0.3, -0.25) is 20.3 Å². The monoisotopic (exact) mass is 399 g/mol. The van der Waals surface area contributed by atoms with Crippen LogP contribution in [0.4, 0.5) is 5.69 Å². The second-order valence-electron chi connectivity index (χ2n) is 5.71. The lowest BCUT2D eigenvalue weighted by Crippen LogP contribution is -2.29. The second-order valence-corrected chi connectivity index (χ2v) is 6.66. The van der Waals surface area contributed by atoms with Crippen LogP contribution in [0.1, 0.15) is 11.4 Å². The van der Waals surface area contributed by atoms with Crippen molar-refractivity contribution in [3.8, 4) is 5.75 Å². The summed E-state index contributed by atoms with van der Waals surface area (Å²) in [7, 11) is 0. The quantitative estimate of drug-likeness (QED) is 0.352. The van der Waals surface area contributed by atoms with Crippen LogP contribution in [0.5, 0.6) is 5.75 Å². The van der Waals surface area contributed by atoms with E-state index in [-0.39, 0.29) is 12.3 Å². The molecule has 0 saturated carbocycles. The van der Waals surface area contributed by atoms with Crippen molar-refractivity contribution in [3.05, 3.63) is 76.1 Å². The number of nitro groups is 1. The number of aromatic nitrogens is 3. The van der Waals surface area contributed by atoms with Crippen molar-refractivity contribution in [2.45, 2.75) is 17.8 Å². The highest BCUT2D eigenvalue weighted by atomic mass is 32.2. The molecule has 1 aromatic heterocycles. The SMILES string of the molecule is Cc1nnc(SCc2ccccc2)n1NC(=O)COc1ccc([N+](=O)[O-])cc1. The normalized spacial score (nSPS) is 10.5. The van der Waals surface area contributed by atoms with Crippen molar-refractivity contribution >= 4 is 23.4 Å². The molecule has 0 bridgehead atoms. The zero-order valence-corrected chi connectivity index (χ0v) is 15.8. The van der Waals surface area contributed by atoms with Crippen LogP contribution in [0.25, 0.3) is 0 Å². The minimum atomic E-state index is -0.500. The summed E-state index contributed by atoms with van der Waals surface area (Å²) in [6.07, 6.45) is 0. The number of carbonyl (C=O) groups excluding carboxylic acids is 1. The van der Waals surface area contributed by atoms with E-state index in [4.69, 9.17) is 4.74 Å². The molecular weight excluding hydrogens is 382 g/mol. The number of benzene rings is 2. The fraction of sp³-hybridized carbons (Fsp3) is 0.167. The first-order valence-electron chi connectivity index (χ1n) is 8.29. The fourth-order valence-corrected chi connectivity index (χ4v) is 3.15. The van der Waals surface area contributed by atoms with E-state index in [1.54, 1.807) is 6.92 Å². The minimum absolute atomic E-state index is 0.0444. The highest BCUT2D eigenvalue weighted by molar-refractivity contribution is 7.98. The first-order chi connectivity index (χ1) is 13.5. The number of hydrogen-bond donors (Lipinski definition) is 1. The smallest absolute Gasteiger partial charge is 0.276 e. The van der Waals surface area contributed by atoms with E-state index in [2.05, 4.69) is 15.6 Å². The predicted molar refractivity (Wildman–Crippen MR) is 104 cm³/mol. The molecule has 1 N–H and O–H groups in total. The summed E-state index contributed by atoms with van der Waals surface area (Å²) in [5.41, 5.74) is 3.78. The third-order valence-electron chi connectivity index (χ3n) is 3.66. The van der Waals surface area contributed by atoms with E-state index in [1.807, 2.05) is 30.3 Å². The summed E-state index contributed by atoms with van der Waals surface area (Å²) in [4.78, 5) is 22.4. The van der Waals surface area contributed by atoms with E-state index >= 15 is 0 Å². The van der Waals surface area contributed by atoms with E-state index < -0.39 is 10.8 Å². The van der Waals surface area contributed by atoms with Crippen LogP contribution < -0.4 is 10.2 Å². The average molecular weight is 399 g/mol. The van der Waals surface area contributed by atoms with Gasteiger partial charge in [0.05, 0.1) is 4.92 Å². The molecule has 28 heavy (non-hydrogen) atoms. The second kappa shape index (κ2) is 9.00. The first-order valence-corrected chi connectivity index (χ1v) is 9.27. The molecule has 0 unspecified atom stereocenters. The molecule has 3 aromatic rings. The van der Waals surface area contributed by atoms with Crippen LogP contribution >= 0.6 is 11.8 Å². The Morgan fingerprint density at radius 1 is 1.18 bits per heavy atom. The molecule has 0 aliphatic rings. The molecule has 144 valence electrons. The fourth-order valence-electron chi connectivity index (χ4n) is 2.26. The average Bonchev–Trinajstić information content (AvgIpc) is 3.05. The first kappa shape index (κ1) is 19.4. The molecular formula is C18H17N5O4S. The largest absolute Gasteiger partial charge is 0.484 e. The zero-order valence-electron chi connectivity index (χ0n) is 14.9. The third-order valence-corrected chi connectivity index (χ3v) is 4.66.